The SMILES string of the molecule is CC(=O)O[C@H]1C2=C(C)C(=O)O[C@@H]2C[C@]2(C)O[C@H]2CC[C@@]2(C)O[C@@H]12. The molecule has 3 heterocycles. The molecule has 6 atom stereocenters. The molecule has 1 aliphatic carbocycles. The molecule has 3 aliphatic heterocycles. The molecule has 0 bridgehead atoms. The van der Waals surface area contributed by atoms with E-state index in [-0.39, 0.29) is 35.3 Å². The Kier molecular flexibility index (Phi) is 3.01. The number of hydrogen-bond acceptors (Lipinski definition) is 6. The zero-order valence-electron chi connectivity index (χ0n) is 13.9. The van der Waals surface area contributed by atoms with Crippen molar-refractivity contribution in [3.05, 3.63) is 11.1 Å². The highest BCUT2D eigenvalue weighted by atomic mass is 16.6. The Hall–Kier alpha value is -1.40. The zero-order chi connectivity index (χ0) is 16.6. The molecule has 0 radical (unpaired) electrons. The van der Waals surface area contributed by atoms with Crippen molar-refractivity contribution in [3.63, 3.8) is 0 Å². The molecule has 0 N–H and O–H groups in total. The molecule has 0 spiro atoms. The topological polar surface area (TPSA) is 77.7 Å². The Labute approximate surface area is 135 Å². The molecule has 0 aromatic heterocycles. The van der Waals surface area contributed by atoms with E-state index in [2.05, 4.69) is 0 Å². The van der Waals surface area contributed by atoms with Crippen molar-refractivity contribution in [2.75, 3.05) is 0 Å². The Morgan fingerprint density at radius 1 is 1.26 bits per heavy atom. The summed E-state index contributed by atoms with van der Waals surface area (Å²) in [6.45, 7) is 7.18. The van der Waals surface area contributed by atoms with Crippen LogP contribution in [0.5, 0.6) is 0 Å². The van der Waals surface area contributed by atoms with Gasteiger partial charge in [0.25, 0.3) is 0 Å². The number of ether oxygens (including phenoxy) is 4. The largest absolute Gasteiger partial charge is 0.455 e. The van der Waals surface area contributed by atoms with Crippen LogP contribution in [0.3, 0.4) is 0 Å². The predicted octanol–water partition coefficient (Wildman–Crippen LogP) is 1.66. The maximum Gasteiger partial charge on any atom is 0.334 e. The van der Waals surface area contributed by atoms with Gasteiger partial charge in [-0.15, -0.1) is 0 Å². The summed E-state index contributed by atoms with van der Waals surface area (Å²) in [5.74, 6) is -0.723. The number of esters is 2. The third kappa shape index (κ3) is 2.31. The summed E-state index contributed by atoms with van der Waals surface area (Å²) in [5, 5.41) is 0. The molecule has 6 heteroatoms. The van der Waals surface area contributed by atoms with Gasteiger partial charge in [0, 0.05) is 24.5 Å². The van der Waals surface area contributed by atoms with E-state index >= 15 is 0 Å². The standard InChI is InChI=1S/C17H22O6/c1-8-12-10(21-15(8)19)7-17(4)11(22-17)5-6-16(3)14(23-16)13(12)20-9(2)18/h10-11,13-14H,5-7H2,1-4H3/t10-,11+,13+,14+,16-,17+/m1/s1. The molecular weight excluding hydrogens is 300 g/mol. The summed E-state index contributed by atoms with van der Waals surface area (Å²) in [5.41, 5.74) is 0.657. The summed E-state index contributed by atoms with van der Waals surface area (Å²) in [6.07, 6.45) is 1.32. The Morgan fingerprint density at radius 2 is 2.00 bits per heavy atom. The van der Waals surface area contributed by atoms with Crippen molar-refractivity contribution in [1.29, 1.82) is 0 Å². The average Bonchev–Trinajstić information content (AvgIpc) is 3.27. The minimum absolute atomic E-state index is 0.176. The number of fused-ring (bicyclic) bond motifs is 3. The van der Waals surface area contributed by atoms with Crippen LogP contribution < -0.4 is 0 Å². The van der Waals surface area contributed by atoms with Gasteiger partial charge in [0.15, 0.2) is 6.10 Å². The Balaban J connectivity index is 1.73. The minimum atomic E-state index is -0.562. The van der Waals surface area contributed by atoms with E-state index in [9.17, 15) is 9.59 Å². The van der Waals surface area contributed by atoms with Crippen LogP contribution in [0.4, 0.5) is 0 Å². The lowest BCUT2D eigenvalue weighted by molar-refractivity contribution is -0.146. The maximum absolute atomic E-state index is 12.1. The smallest absolute Gasteiger partial charge is 0.334 e. The quantitative estimate of drug-likeness (QED) is 0.540. The van der Waals surface area contributed by atoms with Gasteiger partial charge in [0.1, 0.15) is 12.2 Å². The van der Waals surface area contributed by atoms with Gasteiger partial charge in [-0.1, -0.05) is 0 Å². The molecule has 2 saturated heterocycles. The highest BCUT2D eigenvalue weighted by molar-refractivity contribution is 5.92. The van der Waals surface area contributed by atoms with Gasteiger partial charge < -0.3 is 18.9 Å². The van der Waals surface area contributed by atoms with Crippen LogP contribution in [0.15, 0.2) is 11.1 Å². The van der Waals surface area contributed by atoms with Gasteiger partial charge in [-0.05, 0) is 33.6 Å². The number of epoxide rings is 2. The molecule has 0 unspecified atom stereocenters. The fourth-order valence-electron chi connectivity index (χ4n) is 4.12. The van der Waals surface area contributed by atoms with E-state index in [0.717, 1.165) is 18.4 Å². The van der Waals surface area contributed by atoms with Crippen molar-refractivity contribution in [2.24, 2.45) is 0 Å². The van der Waals surface area contributed by atoms with Crippen molar-refractivity contribution >= 4 is 11.9 Å². The van der Waals surface area contributed by atoms with Crippen LogP contribution in [0, 0.1) is 0 Å². The second kappa shape index (κ2) is 4.57. The molecule has 0 amide bonds. The second-order valence-corrected chi connectivity index (χ2v) is 7.52. The lowest BCUT2D eigenvalue weighted by Gasteiger charge is -2.25. The van der Waals surface area contributed by atoms with E-state index in [0.29, 0.717) is 12.0 Å². The molecule has 126 valence electrons. The van der Waals surface area contributed by atoms with Crippen LogP contribution in [0.1, 0.15) is 47.0 Å². The molecule has 3 fully saturated rings. The highest BCUT2D eigenvalue weighted by Crippen LogP contribution is 2.53. The van der Waals surface area contributed by atoms with Crippen LogP contribution >= 0.6 is 0 Å². The molecule has 0 aromatic rings. The Bertz CT molecular complexity index is 625. The Morgan fingerprint density at radius 3 is 2.70 bits per heavy atom. The van der Waals surface area contributed by atoms with Gasteiger partial charge in [-0.2, -0.15) is 0 Å². The fourth-order valence-corrected chi connectivity index (χ4v) is 4.12. The molecular formula is C17H22O6. The van der Waals surface area contributed by atoms with Gasteiger partial charge >= 0.3 is 11.9 Å². The van der Waals surface area contributed by atoms with Crippen molar-refractivity contribution in [1.82, 2.24) is 0 Å². The first-order valence-electron chi connectivity index (χ1n) is 8.18. The monoisotopic (exact) mass is 322 g/mol. The maximum atomic E-state index is 12.1. The van der Waals surface area contributed by atoms with E-state index < -0.39 is 12.2 Å². The molecule has 1 saturated carbocycles. The van der Waals surface area contributed by atoms with Crippen LogP contribution in [0.25, 0.3) is 0 Å². The first-order chi connectivity index (χ1) is 10.7. The van der Waals surface area contributed by atoms with Gasteiger partial charge in [0.2, 0.25) is 0 Å². The summed E-state index contributed by atoms with van der Waals surface area (Å²) in [4.78, 5) is 23.7. The summed E-state index contributed by atoms with van der Waals surface area (Å²) >= 11 is 0. The van der Waals surface area contributed by atoms with Gasteiger partial charge in [-0.25, -0.2) is 4.79 Å². The summed E-state index contributed by atoms with van der Waals surface area (Å²) < 4.78 is 22.9. The highest BCUT2D eigenvalue weighted by Gasteiger charge is 2.64. The third-order valence-electron chi connectivity index (χ3n) is 5.68. The first kappa shape index (κ1) is 15.1. The van der Waals surface area contributed by atoms with Crippen molar-refractivity contribution < 1.29 is 28.5 Å². The molecule has 23 heavy (non-hydrogen) atoms. The number of hydrogen-bond donors (Lipinski definition) is 0. The van der Waals surface area contributed by atoms with Crippen molar-refractivity contribution in [3.8, 4) is 0 Å². The van der Waals surface area contributed by atoms with Gasteiger partial charge in [0.05, 0.1) is 17.3 Å². The first-order valence-corrected chi connectivity index (χ1v) is 8.18. The van der Waals surface area contributed by atoms with Crippen molar-refractivity contribution in [2.45, 2.75) is 82.6 Å². The average molecular weight is 322 g/mol. The molecule has 0 aromatic carbocycles. The fraction of sp³-hybridized carbons (Fsp3) is 0.765. The number of carbonyl (C=O) groups is 2. The normalized spacial score (nSPS) is 47.9. The molecule has 4 rings (SSSR count). The minimum Gasteiger partial charge on any atom is -0.455 e. The van der Waals surface area contributed by atoms with Crippen LogP contribution in [-0.4, -0.2) is 47.6 Å². The number of carbonyl (C=O) groups excluding carboxylic acids is 2. The number of rotatable bonds is 1. The summed E-state index contributed by atoms with van der Waals surface area (Å²) in [6, 6.07) is 0. The van der Waals surface area contributed by atoms with E-state index in [4.69, 9.17) is 18.9 Å². The zero-order valence-corrected chi connectivity index (χ0v) is 13.9. The predicted molar refractivity (Wildman–Crippen MR) is 78.5 cm³/mol. The van der Waals surface area contributed by atoms with Crippen LogP contribution in [-0.2, 0) is 28.5 Å². The van der Waals surface area contributed by atoms with E-state index in [1.807, 2.05) is 13.8 Å². The van der Waals surface area contributed by atoms with E-state index in [1.54, 1.807) is 6.92 Å². The molecule has 6 nitrogen and oxygen atoms in total. The van der Waals surface area contributed by atoms with Crippen LogP contribution in [0.2, 0.25) is 0 Å². The lowest BCUT2D eigenvalue weighted by Crippen LogP contribution is -2.36. The van der Waals surface area contributed by atoms with E-state index in [1.165, 1.54) is 6.92 Å². The van der Waals surface area contributed by atoms with Gasteiger partial charge in [-0.3, -0.25) is 4.79 Å². The summed E-state index contributed by atoms with van der Waals surface area (Å²) in [7, 11) is 0. The third-order valence-corrected chi connectivity index (χ3v) is 5.68. The second-order valence-electron chi connectivity index (χ2n) is 7.52. The lowest BCUT2D eigenvalue weighted by atomic mass is 9.83. The molecule has 4 aliphatic rings.